The lowest BCUT2D eigenvalue weighted by molar-refractivity contribution is 0.0621. The van der Waals surface area contributed by atoms with Crippen LogP contribution in [0, 0.1) is 0 Å². The lowest BCUT2D eigenvalue weighted by atomic mass is 10.2. The zero-order valence-electron chi connectivity index (χ0n) is 10.6. The molecule has 2 N–H and O–H groups in total. The Bertz CT molecular complexity index is 483. The van der Waals surface area contributed by atoms with Crippen LogP contribution >= 0.6 is 23.8 Å². The number of carbonyl (C=O) groups is 1. The van der Waals surface area contributed by atoms with Gasteiger partial charge in [-0.15, -0.1) is 0 Å². The number of furan rings is 1. The molecule has 1 aromatic rings. The fourth-order valence-corrected chi connectivity index (χ4v) is 2.45. The molecule has 5 nitrogen and oxygen atoms in total. The number of carbonyl (C=O) groups excluding carboxylic acids is 1. The van der Waals surface area contributed by atoms with Crippen LogP contribution < -0.4 is 5.73 Å². The molecule has 1 aliphatic rings. The Balaban J connectivity index is 1.95. The number of nitrogens with zero attached hydrogens (tertiary/aromatic N) is 2. The molecule has 1 unspecified atom stereocenters. The fraction of sp³-hybridized carbons (Fsp3) is 0.500. The van der Waals surface area contributed by atoms with Gasteiger partial charge in [-0.25, -0.2) is 0 Å². The zero-order valence-corrected chi connectivity index (χ0v) is 12.2. The van der Waals surface area contributed by atoms with Crippen molar-refractivity contribution in [3.8, 4) is 0 Å². The summed E-state index contributed by atoms with van der Waals surface area (Å²) in [5, 5.41) is 0.143. The van der Waals surface area contributed by atoms with Crippen molar-refractivity contribution in [3.05, 3.63) is 23.1 Å². The first-order chi connectivity index (χ1) is 9.00. The molecule has 0 aromatic carbocycles. The summed E-state index contributed by atoms with van der Waals surface area (Å²) in [4.78, 5) is 16.6. The lowest BCUT2D eigenvalue weighted by Gasteiger charge is -2.37. The van der Waals surface area contributed by atoms with Gasteiger partial charge in [0.25, 0.3) is 5.91 Å². The monoisotopic (exact) mass is 301 g/mol. The van der Waals surface area contributed by atoms with E-state index < -0.39 is 0 Å². The van der Waals surface area contributed by atoms with Gasteiger partial charge in [-0.2, -0.15) is 0 Å². The van der Waals surface area contributed by atoms with E-state index >= 15 is 0 Å². The van der Waals surface area contributed by atoms with E-state index in [-0.39, 0.29) is 17.2 Å². The van der Waals surface area contributed by atoms with Gasteiger partial charge in [0.1, 0.15) is 0 Å². The Labute approximate surface area is 122 Å². The molecular formula is C12H16ClN3O2S. The van der Waals surface area contributed by atoms with E-state index in [0.717, 1.165) is 13.1 Å². The van der Waals surface area contributed by atoms with Crippen LogP contribution in [0.2, 0.25) is 5.22 Å². The molecule has 2 heterocycles. The third kappa shape index (κ3) is 3.08. The molecule has 104 valence electrons. The van der Waals surface area contributed by atoms with Gasteiger partial charge < -0.3 is 15.1 Å². The second-order valence-corrected chi connectivity index (χ2v) is 5.33. The highest BCUT2D eigenvalue weighted by atomic mass is 35.5. The van der Waals surface area contributed by atoms with Crippen molar-refractivity contribution < 1.29 is 9.21 Å². The standard InChI is InChI=1S/C12H16ClN3O2S/c1-8(11(14)19)15-3-5-16(6-4-15)12(17)9-2-7-18-10(9)13/h2,7-8H,3-6H2,1H3,(H2,14,19). The maximum atomic E-state index is 12.2. The van der Waals surface area contributed by atoms with Gasteiger partial charge >= 0.3 is 0 Å². The number of thiocarbonyl (C=S) groups is 1. The molecule has 1 fully saturated rings. The van der Waals surface area contributed by atoms with E-state index in [2.05, 4.69) is 4.90 Å². The molecule has 0 aliphatic carbocycles. The molecule has 1 aromatic heterocycles. The van der Waals surface area contributed by atoms with E-state index in [4.69, 9.17) is 34.0 Å². The molecule has 0 saturated carbocycles. The van der Waals surface area contributed by atoms with E-state index in [1.165, 1.54) is 6.26 Å². The van der Waals surface area contributed by atoms with Crippen molar-refractivity contribution in [3.63, 3.8) is 0 Å². The summed E-state index contributed by atoms with van der Waals surface area (Å²) >= 11 is 10.8. The van der Waals surface area contributed by atoms with Gasteiger partial charge in [0.15, 0.2) is 0 Å². The van der Waals surface area contributed by atoms with Crippen LogP contribution in [0.3, 0.4) is 0 Å². The smallest absolute Gasteiger partial charge is 0.258 e. The topological polar surface area (TPSA) is 62.7 Å². The first-order valence-electron chi connectivity index (χ1n) is 6.06. The lowest BCUT2D eigenvalue weighted by Crippen LogP contribution is -2.53. The molecule has 7 heteroatoms. The number of hydrogen-bond acceptors (Lipinski definition) is 4. The predicted molar refractivity (Wildman–Crippen MR) is 77.4 cm³/mol. The van der Waals surface area contributed by atoms with Crippen molar-refractivity contribution in [1.29, 1.82) is 0 Å². The molecule has 0 radical (unpaired) electrons. The van der Waals surface area contributed by atoms with Crippen LogP contribution in [0.1, 0.15) is 17.3 Å². The number of nitrogens with two attached hydrogens (primary N) is 1. The highest BCUT2D eigenvalue weighted by molar-refractivity contribution is 7.80. The minimum atomic E-state index is -0.0959. The number of amides is 1. The summed E-state index contributed by atoms with van der Waals surface area (Å²) in [6, 6.07) is 1.65. The Morgan fingerprint density at radius 1 is 1.47 bits per heavy atom. The van der Waals surface area contributed by atoms with E-state index in [0.29, 0.717) is 23.6 Å². The second-order valence-electron chi connectivity index (χ2n) is 4.51. The largest absolute Gasteiger partial charge is 0.452 e. The van der Waals surface area contributed by atoms with Gasteiger partial charge in [0.05, 0.1) is 22.9 Å². The van der Waals surface area contributed by atoms with E-state index in [9.17, 15) is 4.79 Å². The maximum Gasteiger partial charge on any atom is 0.258 e. The molecule has 0 bridgehead atoms. The van der Waals surface area contributed by atoms with Crippen LogP contribution in [-0.2, 0) is 0 Å². The average molecular weight is 302 g/mol. The van der Waals surface area contributed by atoms with Crippen molar-refractivity contribution in [2.45, 2.75) is 13.0 Å². The Morgan fingerprint density at radius 2 is 2.11 bits per heavy atom. The molecule has 0 spiro atoms. The quantitative estimate of drug-likeness (QED) is 0.854. The van der Waals surface area contributed by atoms with Crippen molar-refractivity contribution in [1.82, 2.24) is 9.80 Å². The van der Waals surface area contributed by atoms with Gasteiger partial charge in [-0.05, 0) is 24.6 Å². The highest BCUT2D eigenvalue weighted by Crippen LogP contribution is 2.19. The number of piperazine rings is 1. The Hall–Kier alpha value is -1.11. The maximum absolute atomic E-state index is 12.2. The predicted octanol–water partition coefficient (Wildman–Crippen LogP) is 1.37. The summed E-state index contributed by atoms with van der Waals surface area (Å²) in [6.45, 7) is 4.74. The molecule has 19 heavy (non-hydrogen) atoms. The SMILES string of the molecule is CC(C(N)=S)N1CCN(C(=O)c2ccoc2Cl)CC1. The van der Waals surface area contributed by atoms with Gasteiger partial charge in [-0.1, -0.05) is 12.2 Å². The molecule has 1 saturated heterocycles. The van der Waals surface area contributed by atoms with Gasteiger partial charge in [0, 0.05) is 26.2 Å². The summed E-state index contributed by atoms with van der Waals surface area (Å²) in [6.07, 6.45) is 1.42. The van der Waals surface area contributed by atoms with Crippen molar-refractivity contribution in [2.24, 2.45) is 5.73 Å². The molecule has 1 atom stereocenters. The molecule has 1 aliphatic heterocycles. The summed E-state index contributed by atoms with van der Waals surface area (Å²) in [5.74, 6) is -0.0959. The Kier molecular flexibility index (Phi) is 4.44. The summed E-state index contributed by atoms with van der Waals surface area (Å²) in [5.41, 5.74) is 6.05. The Morgan fingerprint density at radius 3 is 2.58 bits per heavy atom. The number of rotatable bonds is 3. The highest BCUT2D eigenvalue weighted by Gasteiger charge is 2.27. The minimum Gasteiger partial charge on any atom is -0.452 e. The third-order valence-electron chi connectivity index (χ3n) is 3.41. The molecule has 2 rings (SSSR count). The fourth-order valence-electron chi connectivity index (χ4n) is 2.11. The third-order valence-corrected chi connectivity index (χ3v) is 4.04. The minimum absolute atomic E-state index is 0.0600. The normalized spacial score (nSPS) is 18.3. The van der Waals surface area contributed by atoms with Crippen LogP contribution in [0.25, 0.3) is 0 Å². The second kappa shape index (κ2) is 5.90. The van der Waals surface area contributed by atoms with Crippen LogP contribution in [0.15, 0.2) is 16.7 Å². The average Bonchev–Trinajstić information content (AvgIpc) is 2.83. The number of hydrogen-bond donors (Lipinski definition) is 1. The molecule has 1 amide bonds. The van der Waals surface area contributed by atoms with Crippen LogP contribution in [0.4, 0.5) is 0 Å². The summed E-state index contributed by atoms with van der Waals surface area (Å²) in [7, 11) is 0. The van der Waals surface area contributed by atoms with Crippen molar-refractivity contribution in [2.75, 3.05) is 26.2 Å². The van der Waals surface area contributed by atoms with E-state index in [1.807, 2.05) is 6.92 Å². The summed E-state index contributed by atoms with van der Waals surface area (Å²) < 4.78 is 4.94. The zero-order chi connectivity index (χ0) is 14.0. The van der Waals surface area contributed by atoms with Gasteiger partial charge in [-0.3, -0.25) is 9.69 Å². The van der Waals surface area contributed by atoms with Crippen LogP contribution in [-0.4, -0.2) is 52.9 Å². The first kappa shape index (κ1) is 14.3. The van der Waals surface area contributed by atoms with Gasteiger partial charge in [0.2, 0.25) is 5.22 Å². The van der Waals surface area contributed by atoms with Crippen molar-refractivity contribution >= 4 is 34.7 Å². The number of halogens is 1. The molecular weight excluding hydrogens is 286 g/mol. The van der Waals surface area contributed by atoms with Crippen LogP contribution in [0.5, 0.6) is 0 Å². The first-order valence-corrected chi connectivity index (χ1v) is 6.85. The van der Waals surface area contributed by atoms with E-state index in [1.54, 1.807) is 11.0 Å².